The van der Waals surface area contributed by atoms with Gasteiger partial charge >= 0.3 is 0 Å². The van der Waals surface area contributed by atoms with Crippen LogP contribution < -0.4 is 5.32 Å². The topological polar surface area (TPSA) is 21.3 Å². The number of hydrogen-bond donors (Lipinski definition) is 1. The van der Waals surface area contributed by atoms with Crippen LogP contribution in [0.4, 0.5) is 0 Å². The van der Waals surface area contributed by atoms with Crippen LogP contribution >= 0.6 is 0 Å². The molecule has 13 heavy (non-hydrogen) atoms. The van der Waals surface area contributed by atoms with Crippen molar-refractivity contribution in [1.82, 2.24) is 5.32 Å². The summed E-state index contributed by atoms with van der Waals surface area (Å²) < 4.78 is 5.04. The highest BCUT2D eigenvalue weighted by atomic mass is 16.5. The number of nitrogens with one attached hydrogen (secondary N) is 1. The molecule has 0 amide bonds. The fourth-order valence-corrected chi connectivity index (χ4v) is 1.30. The van der Waals surface area contributed by atoms with Crippen LogP contribution in [0, 0.1) is 5.92 Å². The van der Waals surface area contributed by atoms with Gasteiger partial charge in [-0.25, -0.2) is 0 Å². The number of rotatable bonds is 8. The zero-order chi connectivity index (χ0) is 10.1. The first-order chi connectivity index (χ1) is 6.16. The van der Waals surface area contributed by atoms with Crippen molar-refractivity contribution in [3.63, 3.8) is 0 Å². The van der Waals surface area contributed by atoms with E-state index in [9.17, 15) is 0 Å². The molecule has 0 bridgehead atoms. The van der Waals surface area contributed by atoms with Gasteiger partial charge in [0.15, 0.2) is 0 Å². The molecule has 0 aliphatic heterocycles. The van der Waals surface area contributed by atoms with Crippen LogP contribution in [0.5, 0.6) is 0 Å². The molecule has 2 heteroatoms. The summed E-state index contributed by atoms with van der Waals surface area (Å²) in [5.41, 5.74) is 0. The highest BCUT2D eigenvalue weighted by Crippen LogP contribution is 2.09. The van der Waals surface area contributed by atoms with Crippen LogP contribution in [-0.4, -0.2) is 26.3 Å². The summed E-state index contributed by atoms with van der Waals surface area (Å²) in [4.78, 5) is 0. The van der Waals surface area contributed by atoms with Gasteiger partial charge in [0.25, 0.3) is 0 Å². The van der Waals surface area contributed by atoms with Crippen LogP contribution in [0.3, 0.4) is 0 Å². The zero-order valence-corrected chi connectivity index (χ0v) is 9.60. The van der Waals surface area contributed by atoms with Gasteiger partial charge < -0.3 is 10.1 Å². The molecule has 0 aromatic rings. The summed E-state index contributed by atoms with van der Waals surface area (Å²) in [5.74, 6) is 0.800. The monoisotopic (exact) mass is 187 g/mol. The zero-order valence-electron chi connectivity index (χ0n) is 9.60. The molecule has 0 radical (unpaired) electrons. The molecule has 0 spiro atoms. The summed E-state index contributed by atoms with van der Waals surface area (Å²) in [6.07, 6.45) is 3.78. The fraction of sp³-hybridized carbons (Fsp3) is 1.00. The normalized spacial score (nSPS) is 13.6. The second-order valence-corrected chi connectivity index (χ2v) is 4.14. The maximum Gasteiger partial charge on any atom is 0.0464 e. The Labute approximate surface area is 83.1 Å². The molecule has 1 N–H and O–H groups in total. The first-order valence-corrected chi connectivity index (χ1v) is 5.39. The van der Waals surface area contributed by atoms with Crippen LogP contribution in [0.25, 0.3) is 0 Å². The molecular weight excluding hydrogens is 162 g/mol. The Hall–Kier alpha value is -0.0800. The Balaban J connectivity index is 3.12. The first kappa shape index (κ1) is 12.9. The highest BCUT2D eigenvalue weighted by Gasteiger charge is 2.01. The summed E-state index contributed by atoms with van der Waals surface area (Å²) in [6.45, 7) is 8.73. The Kier molecular flexibility index (Phi) is 8.46. The quantitative estimate of drug-likeness (QED) is 0.589. The Bertz CT molecular complexity index is 104. The van der Waals surface area contributed by atoms with Gasteiger partial charge in [0, 0.05) is 19.8 Å². The molecule has 0 fully saturated rings. The lowest BCUT2D eigenvalue weighted by Crippen LogP contribution is -2.23. The van der Waals surface area contributed by atoms with E-state index in [2.05, 4.69) is 26.1 Å². The average Bonchev–Trinajstić information content (AvgIpc) is 2.08. The molecule has 0 saturated heterocycles. The van der Waals surface area contributed by atoms with Gasteiger partial charge in [0.2, 0.25) is 0 Å². The van der Waals surface area contributed by atoms with E-state index in [-0.39, 0.29) is 0 Å². The first-order valence-electron chi connectivity index (χ1n) is 5.39. The van der Waals surface area contributed by atoms with Crippen LogP contribution in [0.1, 0.15) is 40.0 Å². The second kappa shape index (κ2) is 8.52. The third-order valence-corrected chi connectivity index (χ3v) is 2.24. The maximum atomic E-state index is 5.04. The number of hydrogen-bond acceptors (Lipinski definition) is 2. The van der Waals surface area contributed by atoms with E-state index < -0.39 is 0 Å². The molecule has 2 nitrogen and oxygen atoms in total. The standard InChI is InChI=1S/C11H25NO/c1-10(2)12-8-5-6-11(3)7-9-13-4/h10-12H,5-9H2,1-4H3. The smallest absolute Gasteiger partial charge is 0.0464 e. The molecule has 1 unspecified atom stereocenters. The van der Waals surface area contributed by atoms with Gasteiger partial charge in [0.1, 0.15) is 0 Å². The summed E-state index contributed by atoms with van der Waals surface area (Å²) >= 11 is 0. The van der Waals surface area contributed by atoms with Gasteiger partial charge in [-0.1, -0.05) is 20.8 Å². The number of ether oxygens (including phenoxy) is 1. The van der Waals surface area contributed by atoms with E-state index >= 15 is 0 Å². The molecule has 80 valence electrons. The molecule has 0 aliphatic carbocycles. The van der Waals surface area contributed by atoms with Crippen molar-refractivity contribution < 1.29 is 4.74 Å². The minimum atomic E-state index is 0.620. The van der Waals surface area contributed by atoms with E-state index in [1.165, 1.54) is 19.3 Å². The molecule has 0 saturated carbocycles. The van der Waals surface area contributed by atoms with Crippen molar-refractivity contribution in [3.05, 3.63) is 0 Å². The summed E-state index contributed by atoms with van der Waals surface area (Å²) in [6, 6.07) is 0.620. The van der Waals surface area contributed by atoms with E-state index in [1.54, 1.807) is 7.11 Å². The van der Waals surface area contributed by atoms with Crippen molar-refractivity contribution in [2.45, 2.75) is 46.1 Å². The Morgan fingerprint density at radius 3 is 2.38 bits per heavy atom. The lowest BCUT2D eigenvalue weighted by atomic mass is 10.0. The maximum absolute atomic E-state index is 5.04. The SMILES string of the molecule is COCCC(C)CCCNC(C)C. The van der Waals surface area contributed by atoms with Crippen molar-refractivity contribution in [2.75, 3.05) is 20.3 Å². The molecule has 0 rings (SSSR count). The van der Waals surface area contributed by atoms with Crippen LogP contribution in [0.15, 0.2) is 0 Å². The highest BCUT2D eigenvalue weighted by molar-refractivity contribution is 4.57. The second-order valence-electron chi connectivity index (χ2n) is 4.14. The molecule has 1 atom stereocenters. The molecule has 0 aromatic heterocycles. The van der Waals surface area contributed by atoms with Crippen molar-refractivity contribution >= 4 is 0 Å². The predicted molar refractivity (Wildman–Crippen MR) is 58.0 cm³/mol. The minimum absolute atomic E-state index is 0.620. The van der Waals surface area contributed by atoms with E-state index in [1.807, 2.05) is 0 Å². The van der Waals surface area contributed by atoms with Gasteiger partial charge in [-0.05, 0) is 31.7 Å². The van der Waals surface area contributed by atoms with E-state index in [0.717, 1.165) is 19.1 Å². The summed E-state index contributed by atoms with van der Waals surface area (Å²) in [7, 11) is 1.77. The average molecular weight is 187 g/mol. The minimum Gasteiger partial charge on any atom is -0.385 e. The van der Waals surface area contributed by atoms with Gasteiger partial charge in [-0.3, -0.25) is 0 Å². The third-order valence-electron chi connectivity index (χ3n) is 2.24. The Morgan fingerprint density at radius 2 is 1.85 bits per heavy atom. The molecule has 0 aliphatic rings. The lowest BCUT2D eigenvalue weighted by molar-refractivity contribution is 0.178. The largest absolute Gasteiger partial charge is 0.385 e. The molecular formula is C11H25NO. The van der Waals surface area contributed by atoms with Crippen LogP contribution in [0.2, 0.25) is 0 Å². The number of methoxy groups -OCH3 is 1. The Morgan fingerprint density at radius 1 is 1.15 bits per heavy atom. The van der Waals surface area contributed by atoms with Crippen molar-refractivity contribution in [2.24, 2.45) is 5.92 Å². The predicted octanol–water partition coefficient (Wildman–Crippen LogP) is 2.44. The van der Waals surface area contributed by atoms with Crippen molar-refractivity contribution in [3.8, 4) is 0 Å². The fourth-order valence-electron chi connectivity index (χ4n) is 1.30. The van der Waals surface area contributed by atoms with Gasteiger partial charge in [0.05, 0.1) is 0 Å². The lowest BCUT2D eigenvalue weighted by Gasteiger charge is -2.12. The molecule has 0 aromatic carbocycles. The van der Waals surface area contributed by atoms with Crippen LogP contribution in [-0.2, 0) is 4.74 Å². The van der Waals surface area contributed by atoms with E-state index in [4.69, 9.17) is 4.74 Å². The van der Waals surface area contributed by atoms with Crippen molar-refractivity contribution in [1.29, 1.82) is 0 Å². The van der Waals surface area contributed by atoms with E-state index in [0.29, 0.717) is 6.04 Å². The molecule has 0 heterocycles. The van der Waals surface area contributed by atoms with Gasteiger partial charge in [-0.2, -0.15) is 0 Å². The summed E-state index contributed by atoms with van der Waals surface area (Å²) in [5, 5.41) is 3.43. The van der Waals surface area contributed by atoms with Gasteiger partial charge in [-0.15, -0.1) is 0 Å². The third kappa shape index (κ3) is 9.84.